The number of methoxy groups -OCH3 is 1. The molecule has 0 fully saturated rings. The van der Waals surface area contributed by atoms with E-state index in [1.165, 1.54) is 19.2 Å². The lowest BCUT2D eigenvalue weighted by atomic mass is 10.1. The number of H-pyrrole nitrogens is 1. The maximum atomic E-state index is 14.5. The number of aromatic nitrogens is 2. The molecule has 1 unspecified atom stereocenters. The van der Waals surface area contributed by atoms with Gasteiger partial charge in [0.2, 0.25) is 0 Å². The van der Waals surface area contributed by atoms with Gasteiger partial charge in [-0.2, -0.15) is 5.26 Å². The number of fused-ring (bicyclic) bond motifs is 4. The molecule has 0 aliphatic heterocycles. The fourth-order valence-electron chi connectivity index (χ4n) is 4.00. The summed E-state index contributed by atoms with van der Waals surface area (Å²) in [6, 6.07) is 10.2. The number of rotatable bonds is 4. The molecule has 2 aromatic heterocycles. The number of hydrogen-bond acceptors (Lipinski definition) is 3. The van der Waals surface area contributed by atoms with Crippen LogP contribution in [0.5, 0.6) is 5.75 Å². The monoisotopic (exact) mass is 377 g/mol. The molecule has 142 valence electrons. The topological polar surface area (TPSA) is 70.8 Å². The van der Waals surface area contributed by atoms with E-state index in [1.807, 2.05) is 4.57 Å². The molecule has 0 aliphatic carbocycles. The number of hydrogen-bond donors (Lipinski definition) is 1. The minimum absolute atomic E-state index is 0.0465. The van der Waals surface area contributed by atoms with E-state index in [2.05, 4.69) is 24.9 Å². The lowest BCUT2D eigenvalue weighted by Gasteiger charge is -2.20. The highest BCUT2D eigenvalue weighted by molar-refractivity contribution is 6.10. The molecular formula is C22H20FN3O2. The van der Waals surface area contributed by atoms with Crippen LogP contribution in [0.25, 0.3) is 32.8 Å². The molecule has 0 radical (unpaired) electrons. The summed E-state index contributed by atoms with van der Waals surface area (Å²) in [5.41, 5.74) is 2.22. The fraction of sp³-hybridized carbons (Fsp3) is 0.273. The van der Waals surface area contributed by atoms with Crippen LogP contribution in [-0.2, 0) is 0 Å². The van der Waals surface area contributed by atoms with Gasteiger partial charge in [-0.3, -0.25) is 4.79 Å². The molecule has 0 amide bonds. The summed E-state index contributed by atoms with van der Waals surface area (Å²) in [5, 5.41) is 10.9. The van der Waals surface area contributed by atoms with Crippen molar-refractivity contribution in [3.63, 3.8) is 0 Å². The number of pyridine rings is 1. The molecule has 28 heavy (non-hydrogen) atoms. The summed E-state index contributed by atoms with van der Waals surface area (Å²) < 4.78 is 21.6. The van der Waals surface area contributed by atoms with Crippen molar-refractivity contribution in [1.29, 1.82) is 5.26 Å². The highest BCUT2D eigenvalue weighted by Crippen LogP contribution is 2.32. The summed E-state index contributed by atoms with van der Waals surface area (Å²) in [7, 11) is 1.39. The van der Waals surface area contributed by atoms with E-state index in [0.717, 1.165) is 18.2 Å². The smallest absolute Gasteiger partial charge is 0.199 e. The minimum Gasteiger partial charge on any atom is -0.494 e. The van der Waals surface area contributed by atoms with Gasteiger partial charge in [-0.15, -0.1) is 0 Å². The number of nitrogens with zero attached hydrogens (tertiary/aromatic N) is 2. The van der Waals surface area contributed by atoms with Crippen LogP contribution in [0, 0.1) is 17.1 Å². The third kappa shape index (κ3) is 2.55. The van der Waals surface area contributed by atoms with Crippen molar-refractivity contribution < 1.29 is 9.13 Å². The van der Waals surface area contributed by atoms with Crippen LogP contribution >= 0.6 is 0 Å². The van der Waals surface area contributed by atoms with Gasteiger partial charge in [-0.1, -0.05) is 19.4 Å². The van der Waals surface area contributed by atoms with E-state index in [-0.39, 0.29) is 17.2 Å². The van der Waals surface area contributed by atoms with Gasteiger partial charge in [-0.05, 0) is 31.5 Å². The number of nitriles is 1. The van der Waals surface area contributed by atoms with Crippen molar-refractivity contribution in [2.24, 2.45) is 0 Å². The van der Waals surface area contributed by atoms with Crippen LogP contribution < -0.4 is 10.2 Å². The standard InChI is InChI=1S/C22H20FN3O2/c1-4-5-12(2)26-18-10-16(23)19(28-3)9-15(18)21(27)20-14-7-6-13(11-24)8-17(14)25-22(20)26/h6-10,12,25H,4-5H2,1-3H3. The Labute approximate surface area is 161 Å². The van der Waals surface area contributed by atoms with Crippen molar-refractivity contribution in [2.45, 2.75) is 32.7 Å². The van der Waals surface area contributed by atoms with Crippen LogP contribution in [-0.4, -0.2) is 16.7 Å². The molecule has 0 spiro atoms. The van der Waals surface area contributed by atoms with Crippen LogP contribution in [0.2, 0.25) is 0 Å². The number of nitrogens with one attached hydrogen (secondary N) is 1. The van der Waals surface area contributed by atoms with Gasteiger partial charge in [0.25, 0.3) is 0 Å². The first-order valence-corrected chi connectivity index (χ1v) is 9.27. The Morgan fingerprint density at radius 2 is 2.07 bits per heavy atom. The van der Waals surface area contributed by atoms with Crippen LogP contribution in [0.3, 0.4) is 0 Å². The molecular weight excluding hydrogens is 357 g/mol. The SMILES string of the molecule is CCCC(C)n1c2cc(F)c(OC)cc2c(=O)c2c3ccc(C#N)cc3[nH]c21. The molecule has 0 bridgehead atoms. The van der Waals surface area contributed by atoms with Gasteiger partial charge in [-0.25, -0.2) is 4.39 Å². The molecule has 2 aromatic carbocycles. The number of aromatic amines is 1. The molecule has 0 saturated carbocycles. The zero-order valence-corrected chi connectivity index (χ0v) is 16.0. The van der Waals surface area contributed by atoms with Crippen molar-refractivity contribution in [1.82, 2.24) is 9.55 Å². The Kier molecular flexibility index (Phi) is 4.31. The van der Waals surface area contributed by atoms with Crippen molar-refractivity contribution in [3.8, 4) is 11.8 Å². The number of benzene rings is 2. The van der Waals surface area contributed by atoms with Crippen molar-refractivity contribution >= 4 is 32.8 Å². The summed E-state index contributed by atoms with van der Waals surface area (Å²) in [6.45, 7) is 4.15. The fourth-order valence-corrected chi connectivity index (χ4v) is 4.00. The Balaban J connectivity index is 2.25. The Morgan fingerprint density at radius 3 is 2.75 bits per heavy atom. The predicted octanol–water partition coefficient (Wildman–Crippen LogP) is 5.02. The zero-order chi connectivity index (χ0) is 20.0. The van der Waals surface area contributed by atoms with Gasteiger partial charge < -0.3 is 14.3 Å². The number of ether oxygens (including phenoxy) is 1. The third-order valence-electron chi connectivity index (χ3n) is 5.30. The normalized spacial score (nSPS) is 12.5. The average Bonchev–Trinajstić information content (AvgIpc) is 3.06. The second-order valence-corrected chi connectivity index (χ2v) is 7.06. The van der Waals surface area contributed by atoms with Crippen molar-refractivity contribution in [3.05, 3.63) is 51.9 Å². The summed E-state index contributed by atoms with van der Waals surface area (Å²) in [4.78, 5) is 16.7. The Hall–Kier alpha value is -3.33. The molecule has 0 saturated heterocycles. The Morgan fingerprint density at radius 1 is 1.29 bits per heavy atom. The van der Waals surface area contributed by atoms with Crippen LogP contribution in [0.15, 0.2) is 35.1 Å². The van der Waals surface area contributed by atoms with Gasteiger partial charge in [0, 0.05) is 23.0 Å². The molecule has 5 nitrogen and oxygen atoms in total. The van der Waals surface area contributed by atoms with E-state index in [4.69, 9.17) is 4.74 Å². The van der Waals surface area contributed by atoms with E-state index < -0.39 is 5.82 Å². The van der Waals surface area contributed by atoms with Crippen molar-refractivity contribution in [2.75, 3.05) is 7.11 Å². The molecule has 0 aliphatic rings. The second kappa shape index (κ2) is 6.68. The largest absolute Gasteiger partial charge is 0.494 e. The summed E-state index contributed by atoms with van der Waals surface area (Å²) in [5.74, 6) is -0.459. The molecule has 6 heteroatoms. The molecule has 4 rings (SSSR count). The lowest BCUT2D eigenvalue weighted by molar-refractivity contribution is 0.387. The molecule has 1 N–H and O–H groups in total. The molecule has 4 aromatic rings. The summed E-state index contributed by atoms with van der Waals surface area (Å²) in [6.07, 6.45) is 1.83. The zero-order valence-electron chi connectivity index (χ0n) is 16.0. The van der Waals surface area contributed by atoms with E-state index in [0.29, 0.717) is 33.0 Å². The maximum absolute atomic E-state index is 14.5. The summed E-state index contributed by atoms with van der Waals surface area (Å²) >= 11 is 0. The van der Waals surface area contributed by atoms with E-state index >= 15 is 0 Å². The van der Waals surface area contributed by atoms with Crippen LogP contribution in [0.4, 0.5) is 4.39 Å². The predicted molar refractivity (Wildman–Crippen MR) is 108 cm³/mol. The van der Waals surface area contributed by atoms with E-state index in [9.17, 15) is 14.4 Å². The first-order valence-electron chi connectivity index (χ1n) is 9.27. The Bertz CT molecular complexity index is 1330. The lowest BCUT2D eigenvalue weighted by Crippen LogP contribution is -2.15. The van der Waals surface area contributed by atoms with Gasteiger partial charge in [0.05, 0.1) is 35.0 Å². The average molecular weight is 377 g/mol. The van der Waals surface area contributed by atoms with E-state index in [1.54, 1.807) is 18.2 Å². The maximum Gasteiger partial charge on any atom is 0.199 e. The highest BCUT2D eigenvalue weighted by atomic mass is 19.1. The third-order valence-corrected chi connectivity index (χ3v) is 5.30. The second-order valence-electron chi connectivity index (χ2n) is 7.06. The van der Waals surface area contributed by atoms with Gasteiger partial charge >= 0.3 is 0 Å². The minimum atomic E-state index is -0.505. The van der Waals surface area contributed by atoms with Gasteiger partial charge in [0.15, 0.2) is 17.0 Å². The number of halogens is 1. The first kappa shape index (κ1) is 18.1. The quantitative estimate of drug-likeness (QED) is 0.543. The van der Waals surface area contributed by atoms with Crippen LogP contribution in [0.1, 0.15) is 38.3 Å². The first-order chi connectivity index (χ1) is 13.5. The molecule has 2 heterocycles. The van der Waals surface area contributed by atoms with Gasteiger partial charge in [0.1, 0.15) is 5.65 Å². The highest BCUT2D eigenvalue weighted by Gasteiger charge is 2.21. The molecule has 1 atom stereocenters.